The Kier molecular flexibility index (Phi) is 63.3. The number of allylic oxidation sites excluding steroid dienone is 18. The number of hydrogen-bond donors (Lipinski definition) is 0. The molecule has 0 aromatic heterocycles. The summed E-state index contributed by atoms with van der Waals surface area (Å²) in [7, 11) is 0. The van der Waals surface area contributed by atoms with Gasteiger partial charge in [-0.2, -0.15) is 0 Å². The molecule has 0 N–H and O–H groups in total. The van der Waals surface area contributed by atoms with Gasteiger partial charge in [-0.3, -0.25) is 14.4 Å². The molecule has 0 radical (unpaired) electrons. The second-order valence-corrected chi connectivity index (χ2v) is 22.0. The van der Waals surface area contributed by atoms with Gasteiger partial charge in [0, 0.05) is 19.3 Å². The summed E-state index contributed by atoms with van der Waals surface area (Å²) in [5, 5.41) is 0. The van der Waals surface area contributed by atoms with Crippen LogP contribution >= 0.6 is 0 Å². The van der Waals surface area contributed by atoms with E-state index in [1.165, 1.54) is 141 Å². The van der Waals surface area contributed by atoms with E-state index in [4.69, 9.17) is 14.2 Å². The van der Waals surface area contributed by atoms with Crippen LogP contribution in [0.5, 0.6) is 0 Å². The summed E-state index contributed by atoms with van der Waals surface area (Å²) < 4.78 is 16.9. The number of esters is 3. The Morgan fingerprint density at radius 2 is 0.519 bits per heavy atom. The van der Waals surface area contributed by atoms with Crippen LogP contribution < -0.4 is 0 Å². The minimum Gasteiger partial charge on any atom is -0.462 e. The molecule has 0 fully saturated rings. The highest BCUT2D eigenvalue weighted by molar-refractivity contribution is 5.71. The molecular formula is C73H124O6. The normalized spacial score (nSPS) is 12.8. The summed E-state index contributed by atoms with van der Waals surface area (Å²) in [5.41, 5.74) is 0. The van der Waals surface area contributed by atoms with Crippen LogP contribution in [0.3, 0.4) is 0 Å². The fourth-order valence-corrected chi connectivity index (χ4v) is 9.24. The smallest absolute Gasteiger partial charge is 0.306 e. The third-order valence-electron chi connectivity index (χ3n) is 14.2. The van der Waals surface area contributed by atoms with E-state index in [-0.39, 0.29) is 31.1 Å². The number of hydrogen-bond acceptors (Lipinski definition) is 6. The summed E-state index contributed by atoms with van der Waals surface area (Å²) in [6.45, 7) is 6.45. The maximum Gasteiger partial charge on any atom is 0.306 e. The van der Waals surface area contributed by atoms with E-state index >= 15 is 0 Å². The van der Waals surface area contributed by atoms with Crippen LogP contribution in [0.1, 0.15) is 316 Å². The van der Waals surface area contributed by atoms with E-state index in [9.17, 15) is 14.4 Å². The number of rotatable bonds is 60. The van der Waals surface area contributed by atoms with Gasteiger partial charge in [-0.25, -0.2) is 0 Å². The molecule has 0 amide bonds. The summed E-state index contributed by atoms with van der Waals surface area (Å²) >= 11 is 0. The molecule has 0 spiro atoms. The lowest BCUT2D eigenvalue weighted by Gasteiger charge is -2.18. The number of carbonyl (C=O) groups is 3. The van der Waals surface area contributed by atoms with Crippen LogP contribution in [0.4, 0.5) is 0 Å². The molecule has 0 aromatic rings. The van der Waals surface area contributed by atoms with Gasteiger partial charge in [-0.1, -0.05) is 284 Å². The molecule has 1 unspecified atom stereocenters. The van der Waals surface area contributed by atoms with Gasteiger partial charge in [0.05, 0.1) is 0 Å². The zero-order chi connectivity index (χ0) is 57.1. The van der Waals surface area contributed by atoms with Crippen molar-refractivity contribution in [1.29, 1.82) is 0 Å². The predicted octanol–water partition coefficient (Wildman–Crippen LogP) is 23.0. The van der Waals surface area contributed by atoms with Crippen molar-refractivity contribution in [3.63, 3.8) is 0 Å². The number of ether oxygens (including phenoxy) is 3. The molecule has 0 aliphatic carbocycles. The average Bonchev–Trinajstić information content (AvgIpc) is 3.45. The molecule has 79 heavy (non-hydrogen) atoms. The van der Waals surface area contributed by atoms with Gasteiger partial charge in [-0.05, 0) is 122 Å². The topological polar surface area (TPSA) is 78.9 Å². The van der Waals surface area contributed by atoms with Crippen LogP contribution in [0.25, 0.3) is 0 Å². The van der Waals surface area contributed by atoms with Gasteiger partial charge in [0.1, 0.15) is 13.2 Å². The molecule has 6 heteroatoms. The SMILES string of the molecule is CC/C=C\C/C=C\C/C=C\C/C=C\C/C=C\C/C=C\CCCCCCCCCCCCCCCCCCC(=O)OCC(COC(=O)CCCCCCC/C=C\CCC)OC(=O)CCCCCCC/C=C\C/C=C\CCCCCC. The van der Waals surface area contributed by atoms with Gasteiger partial charge < -0.3 is 14.2 Å². The lowest BCUT2D eigenvalue weighted by molar-refractivity contribution is -0.167. The van der Waals surface area contributed by atoms with Crippen LogP contribution in [0, 0.1) is 0 Å². The first kappa shape index (κ1) is 75.1. The van der Waals surface area contributed by atoms with Crippen molar-refractivity contribution in [3.8, 4) is 0 Å². The summed E-state index contributed by atoms with van der Waals surface area (Å²) in [6.07, 6.45) is 91.2. The predicted molar refractivity (Wildman–Crippen MR) is 343 cm³/mol. The molecule has 0 aliphatic rings. The molecule has 0 aliphatic heterocycles. The first-order valence-electron chi connectivity index (χ1n) is 33.4. The molecule has 452 valence electrons. The molecule has 0 aromatic carbocycles. The fraction of sp³-hybridized carbons (Fsp3) is 0.712. The van der Waals surface area contributed by atoms with E-state index in [1.807, 2.05) is 0 Å². The maximum absolute atomic E-state index is 12.9. The molecule has 0 saturated heterocycles. The Bertz CT molecular complexity index is 1590. The van der Waals surface area contributed by atoms with E-state index in [1.54, 1.807) is 0 Å². The zero-order valence-corrected chi connectivity index (χ0v) is 51.9. The Hall–Kier alpha value is -3.93. The van der Waals surface area contributed by atoms with E-state index in [0.717, 1.165) is 135 Å². The van der Waals surface area contributed by atoms with Crippen molar-refractivity contribution in [2.24, 2.45) is 0 Å². The van der Waals surface area contributed by atoms with E-state index in [0.29, 0.717) is 19.3 Å². The van der Waals surface area contributed by atoms with Gasteiger partial charge in [0.2, 0.25) is 0 Å². The molecular weight excluding hydrogens is 973 g/mol. The van der Waals surface area contributed by atoms with Gasteiger partial charge >= 0.3 is 17.9 Å². The van der Waals surface area contributed by atoms with Crippen LogP contribution in [-0.4, -0.2) is 37.2 Å². The highest BCUT2D eigenvalue weighted by atomic mass is 16.6. The lowest BCUT2D eigenvalue weighted by atomic mass is 10.0. The van der Waals surface area contributed by atoms with E-state index < -0.39 is 6.10 Å². The Labute approximate surface area is 489 Å². The first-order valence-corrected chi connectivity index (χ1v) is 33.4. The fourth-order valence-electron chi connectivity index (χ4n) is 9.24. The highest BCUT2D eigenvalue weighted by Crippen LogP contribution is 2.16. The van der Waals surface area contributed by atoms with Crippen LogP contribution in [0.15, 0.2) is 109 Å². The first-order chi connectivity index (χ1) is 39.0. The Morgan fingerprint density at radius 3 is 0.835 bits per heavy atom. The van der Waals surface area contributed by atoms with Gasteiger partial charge in [0.15, 0.2) is 6.10 Å². The monoisotopic (exact) mass is 1100 g/mol. The van der Waals surface area contributed by atoms with Gasteiger partial charge in [0.25, 0.3) is 0 Å². The molecule has 6 nitrogen and oxygen atoms in total. The summed E-state index contributed by atoms with van der Waals surface area (Å²) in [6, 6.07) is 0. The minimum atomic E-state index is -0.788. The molecule has 0 bridgehead atoms. The highest BCUT2D eigenvalue weighted by Gasteiger charge is 2.19. The minimum absolute atomic E-state index is 0.0842. The molecule has 1 atom stereocenters. The molecule has 0 saturated carbocycles. The van der Waals surface area contributed by atoms with Crippen molar-refractivity contribution in [1.82, 2.24) is 0 Å². The second kappa shape index (κ2) is 66.6. The van der Waals surface area contributed by atoms with E-state index in [2.05, 4.69) is 130 Å². The Balaban J connectivity index is 4.11. The van der Waals surface area contributed by atoms with Crippen LogP contribution in [-0.2, 0) is 28.6 Å². The largest absolute Gasteiger partial charge is 0.462 e. The average molecular weight is 1100 g/mol. The lowest BCUT2D eigenvalue weighted by Crippen LogP contribution is -2.30. The third-order valence-corrected chi connectivity index (χ3v) is 14.2. The number of carbonyl (C=O) groups excluding carboxylic acids is 3. The maximum atomic E-state index is 12.9. The van der Waals surface area contributed by atoms with Crippen molar-refractivity contribution < 1.29 is 28.6 Å². The molecule has 0 rings (SSSR count). The zero-order valence-electron chi connectivity index (χ0n) is 51.9. The number of unbranched alkanes of at least 4 members (excludes halogenated alkanes) is 31. The van der Waals surface area contributed by atoms with Crippen molar-refractivity contribution in [2.75, 3.05) is 13.2 Å². The van der Waals surface area contributed by atoms with Crippen molar-refractivity contribution in [3.05, 3.63) is 109 Å². The van der Waals surface area contributed by atoms with Crippen molar-refractivity contribution >= 4 is 17.9 Å². The quantitative estimate of drug-likeness (QED) is 0.0261. The third kappa shape index (κ3) is 64.8. The standard InChI is InChI=1S/C73H124O6/c1-4-7-10-13-16-19-22-24-26-28-29-30-31-32-33-34-35-36-37-38-39-40-41-42-43-44-45-46-48-49-51-54-57-60-63-66-72(75)78-69-70(68-77-71(74)65-62-59-56-53-21-18-15-12-9-6-3)79-73(76)67-64-61-58-55-52-50-47-27-25-23-20-17-14-11-8-5-2/h7,10,12,15-16,19-20,23-24,26-27,29-30,32-33,35-36,47,70H,4-6,8-9,11,13-14,17-18,21-22,25,28,31,34,37-46,48-69H2,1-3H3/b10-7-,15-12-,19-16-,23-20-,26-24-,30-29-,33-32-,36-35-,47-27-. The molecule has 0 heterocycles. The van der Waals surface area contributed by atoms with Gasteiger partial charge in [-0.15, -0.1) is 0 Å². The summed E-state index contributed by atoms with van der Waals surface area (Å²) in [5.74, 6) is -0.901. The Morgan fingerprint density at radius 1 is 0.266 bits per heavy atom. The summed E-state index contributed by atoms with van der Waals surface area (Å²) in [4.78, 5) is 38.2. The second-order valence-electron chi connectivity index (χ2n) is 22.0. The van der Waals surface area contributed by atoms with Crippen LogP contribution in [0.2, 0.25) is 0 Å². The van der Waals surface area contributed by atoms with Crippen molar-refractivity contribution in [2.45, 2.75) is 322 Å².